The summed E-state index contributed by atoms with van der Waals surface area (Å²) in [5.41, 5.74) is 9.77. The number of likely N-dealkylation sites (N-methyl/N-ethyl adjacent to an activating group) is 1. The lowest BCUT2D eigenvalue weighted by molar-refractivity contribution is 0.182. The maximum Gasteiger partial charge on any atom is 0.0552 e. The van der Waals surface area contributed by atoms with E-state index < -0.39 is 0 Å². The summed E-state index contributed by atoms with van der Waals surface area (Å²) in [5.74, 6) is 0. The molecule has 0 heterocycles. The Morgan fingerprint density at radius 1 is 1.27 bits per heavy atom. The quantitative estimate of drug-likeness (QED) is 0.820. The van der Waals surface area contributed by atoms with E-state index in [1.807, 2.05) is 0 Å². The van der Waals surface area contributed by atoms with Crippen LogP contribution in [-0.4, -0.2) is 25.5 Å². The van der Waals surface area contributed by atoms with E-state index in [1.54, 1.807) is 0 Å². The number of hydrogen-bond donors (Lipinski definition) is 1. The monoisotopic (exact) mass is 206 g/mol. The van der Waals surface area contributed by atoms with Crippen molar-refractivity contribution in [2.75, 3.05) is 20.6 Å². The Hall–Kier alpha value is -0.860. The van der Waals surface area contributed by atoms with E-state index >= 15 is 0 Å². The highest BCUT2D eigenvalue weighted by Crippen LogP contribution is 2.28. The van der Waals surface area contributed by atoms with Gasteiger partial charge in [-0.3, -0.25) is 4.90 Å². The summed E-state index contributed by atoms with van der Waals surface area (Å²) in [6.07, 6.45) is 0. The number of hydrogen-bond acceptors (Lipinski definition) is 2. The lowest BCUT2D eigenvalue weighted by atomic mass is 9.87. The second-order valence-electron chi connectivity index (χ2n) is 4.69. The number of nitrogens with two attached hydrogens (primary N) is 1. The fraction of sp³-hybridized carbons (Fsp3) is 0.538. The van der Waals surface area contributed by atoms with Gasteiger partial charge in [0.2, 0.25) is 0 Å². The number of nitrogens with zero attached hydrogens (tertiary/aromatic N) is 1. The van der Waals surface area contributed by atoms with Crippen molar-refractivity contribution in [2.24, 2.45) is 5.73 Å². The van der Waals surface area contributed by atoms with E-state index in [9.17, 15) is 0 Å². The van der Waals surface area contributed by atoms with Crippen LogP contribution in [0.4, 0.5) is 0 Å². The summed E-state index contributed by atoms with van der Waals surface area (Å²) in [5, 5.41) is 0. The van der Waals surface area contributed by atoms with Gasteiger partial charge in [-0.25, -0.2) is 0 Å². The minimum atomic E-state index is -0.0716. The Balaban J connectivity index is 3.24. The molecule has 2 heteroatoms. The van der Waals surface area contributed by atoms with Gasteiger partial charge in [0.15, 0.2) is 0 Å². The molecule has 0 aliphatic carbocycles. The highest BCUT2D eigenvalue weighted by Gasteiger charge is 2.28. The van der Waals surface area contributed by atoms with Crippen LogP contribution in [0, 0.1) is 13.8 Å². The molecule has 0 aliphatic rings. The fourth-order valence-corrected chi connectivity index (χ4v) is 1.95. The summed E-state index contributed by atoms with van der Waals surface area (Å²) in [4.78, 5) is 2.19. The first kappa shape index (κ1) is 12.2. The smallest absolute Gasteiger partial charge is 0.0552 e. The average Bonchev–Trinajstić information content (AvgIpc) is 2.16. The van der Waals surface area contributed by atoms with Gasteiger partial charge in [0.05, 0.1) is 5.54 Å². The van der Waals surface area contributed by atoms with Crippen molar-refractivity contribution in [2.45, 2.75) is 26.3 Å². The molecular formula is C13H22N2. The van der Waals surface area contributed by atoms with Crippen LogP contribution in [0.1, 0.15) is 23.6 Å². The summed E-state index contributed by atoms with van der Waals surface area (Å²) >= 11 is 0. The van der Waals surface area contributed by atoms with Crippen molar-refractivity contribution < 1.29 is 0 Å². The van der Waals surface area contributed by atoms with Crippen molar-refractivity contribution in [1.29, 1.82) is 0 Å². The summed E-state index contributed by atoms with van der Waals surface area (Å²) in [6, 6.07) is 6.56. The molecule has 1 rings (SSSR count). The molecule has 0 amide bonds. The van der Waals surface area contributed by atoms with E-state index in [4.69, 9.17) is 5.73 Å². The van der Waals surface area contributed by atoms with E-state index in [-0.39, 0.29) is 5.54 Å². The summed E-state index contributed by atoms with van der Waals surface area (Å²) < 4.78 is 0. The lowest BCUT2D eigenvalue weighted by Gasteiger charge is -2.37. The summed E-state index contributed by atoms with van der Waals surface area (Å²) in [7, 11) is 4.15. The van der Waals surface area contributed by atoms with Gasteiger partial charge in [-0.15, -0.1) is 0 Å². The Kier molecular flexibility index (Phi) is 3.53. The van der Waals surface area contributed by atoms with Crippen LogP contribution < -0.4 is 5.73 Å². The van der Waals surface area contributed by atoms with Gasteiger partial charge in [0.1, 0.15) is 0 Å². The van der Waals surface area contributed by atoms with E-state index in [1.165, 1.54) is 16.7 Å². The van der Waals surface area contributed by atoms with Gasteiger partial charge in [-0.1, -0.05) is 23.8 Å². The second kappa shape index (κ2) is 4.33. The molecule has 0 fully saturated rings. The molecule has 1 atom stereocenters. The molecule has 1 unspecified atom stereocenters. The van der Waals surface area contributed by atoms with Crippen LogP contribution in [0.2, 0.25) is 0 Å². The van der Waals surface area contributed by atoms with Crippen molar-refractivity contribution in [1.82, 2.24) is 4.90 Å². The summed E-state index contributed by atoms with van der Waals surface area (Å²) in [6.45, 7) is 7.08. The minimum absolute atomic E-state index is 0.0716. The number of benzene rings is 1. The molecule has 0 aliphatic heterocycles. The molecule has 0 spiro atoms. The van der Waals surface area contributed by atoms with Gasteiger partial charge in [-0.05, 0) is 46.0 Å². The van der Waals surface area contributed by atoms with Crippen LogP contribution in [0.3, 0.4) is 0 Å². The first-order valence-electron chi connectivity index (χ1n) is 5.37. The van der Waals surface area contributed by atoms with Crippen LogP contribution >= 0.6 is 0 Å². The molecule has 0 aromatic heterocycles. The number of aryl methyl sites for hydroxylation is 2. The first-order valence-corrected chi connectivity index (χ1v) is 5.37. The van der Waals surface area contributed by atoms with Crippen LogP contribution in [0.5, 0.6) is 0 Å². The third-order valence-electron chi connectivity index (χ3n) is 3.35. The highest BCUT2D eigenvalue weighted by atomic mass is 15.1. The van der Waals surface area contributed by atoms with Crippen molar-refractivity contribution in [3.63, 3.8) is 0 Å². The Morgan fingerprint density at radius 2 is 1.87 bits per heavy atom. The van der Waals surface area contributed by atoms with E-state index in [2.05, 4.69) is 58.0 Å². The molecule has 84 valence electrons. The lowest BCUT2D eigenvalue weighted by Crippen LogP contribution is -2.45. The van der Waals surface area contributed by atoms with Crippen LogP contribution in [0.15, 0.2) is 18.2 Å². The zero-order valence-electron chi connectivity index (χ0n) is 10.5. The normalized spacial score (nSPS) is 15.4. The van der Waals surface area contributed by atoms with Crippen molar-refractivity contribution in [3.8, 4) is 0 Å². The predicted molar refractivity (Wildman–Crippen MR) is 66.0 cm³/mol. The third kappa shape index (κ3) is 2.21. The Morgan fingerprint density at radius 3 is 2.27 bits per heavy atom. The second-order valence-corrected chi connectivity index (χ2v) is 4.69. The van der Waals surface area contributed by atoms with Gasteiger partial charge < -0.3 is 5.73 Å². The van der Waals surface area contributed by atoms with Gasteiger partial charge in [0, 0.05) is 6.54 Å². The maximum atomic E-state index is 5.91. The molecule has 1 aromatic rings. The molecule has 1 aromatic carbocycles. The standard InChI is InChI=1S/C13H22N2/c1-10-6-7-12(11(2)8-10)13(3,9-14)15(4)5/h6-8H,9,14H2,1-5H3. The molecule has 0 saturated carbocycles. The maximum absolute atomic E-state index is 5.91. The average molecular weight is 206 g/mol. The van der Waals surface area contributed by atoms with Crippen LogP contribution in [0.25, 0.3) is 0 Å². The van der Waals surface area contributed by atoms with Crippen LogP contribution in [-0.2, 0) is 5.54 Å². The molecular weight excluding hydrogens is 184 g/mol. The molecule has 0 radical (unpaired) electrons. The third-order valence-corrected chi connectivity index (χ3v) is 3.35. The van der Waals surface area contributed by atoms with Gasteiger partial charge in [0.25, 0.3) is 0 Å². The molecule has 0 bridgehead atoms. The Labute approximate surface area is 93.1 Å². The molecule has 2 N–H and O–H groups in total. The fourth-order valence-electron chi connectivity index (χ4n) is 1.95. The molecule has 2 nitrogen and oxygen atoms in total. The van der Waals surface area contributed by atoms with E-state index in [0.29, 0.717) is 6.54 Å². The highest BCUT2D eigenvalue weighted by molar-refractivity contribution is 5.35. The predicted octanol–water partition coefficient (Wildman–Crippen LogP) is 2.04. The Bertz CT molecular complexity index is 344. The topological polar surface area (TPSA) is 29.3 Å². The molecule has 0 saturated heterocycles. The zero-order valence-corrected chi connectivity index (χ0v) is 10.5. The molecule has 15 heavy (non-hydrogen) atoms. The van der Waals surface area contributed by atoms with Crippen molar-refractivity contribution in [3.05, 3.63) is 34.9 Å². The zero-order chi connectivity index (χ0) is 11.6. The van der Waals surface area contributed by atoms with E-state index in [0.717, 1.165) is 0 Å². The van der Waals surface area contributed by atoms with Gasteiger partial charge >= 0.3 is 0 Å². The first-order chi connectivity index (χ1) is 6.91. The largest absolute Gasteiger partial charge is 0.328 e. The van der Waals surface area contributed by atoms with Crippen molar-refractivity contribution >= 4 is 0 Å². The van der Waals surface area contributed by atoms with Gasteiger partial charge in [-0.2, -0.15) is 0 Å². The minimum Gasteiger partial charge on any atom is -0.328 e. The SMILES string of the molecule is Cc1ccc(C(C)(CN)N(C)C)c(C)c1. The number of rotatable bonds is 3.